The Labute approximate surface area is 181 Å². The van der Waals surface area contributed by atoms with Crippen molar-refractivity contribution in [1.82, 2.24) is 9.62 Å². The number of benzene rings is 2. The summed E-state index contributed by atoms with van der Waals surface area (Å²) < 4.78 is 26.8. The van der Waals surface area contributed by atoms with Gasteiger partial charge in [-0.15, -0.1) is 0 Å². The summed E-state index contributed by atoms with van der Waals surface area (Å²) in [6, 6.07) is 12.8. The SMILES string of the molecule is O=C(CCNC(=O)c1ccccc1Cl)Nc1ccc(S(=O)(=O)N2CCCCC2)cc1. The number of carbonyl (C=O) groups excluding carboxylic acids is 2. The zero-order valence-electron chi connectivity index (χ0n) is 16.4. The van der Waals surface area contributed by atoms with Crippen molar-refractivity contribution < 1.29 is 18.0 Å². The third-order valence-electron chi connectivity index (χ3n) is 4.85. The molecule has 1 fully saturated rings. The van der Waals surface area contributed by atoms with Crippen LogP contribution in [0, 0.1) is 0 Å². The Kier molecular flexibility index (Phi) is 7.47. The van der Waals surface area contributed by atoms with Gasteiger partial charge in [-0.05, 0) is 49.2 Å². The van der Waals surface area contributed by atoms with Gasteiger partial charge in [-0.3, -0.25) is 9.59 Å². The number of carbonyl (C=O) groups is 2. The molecule has 2 aromatic rings. The fraction of sp³-hybridized carbons (Fsp3) is 0.333. The molecule has 9 heteroatoms. The molecule has 0 unspecified atom stereocenters. The van der Waals surface area contributed by atoms with Crippen molar-refractivity contribution in [2.45, 2.75) is 30.6 Å². The maximum atomic E-state index is 12.7. The first-order chi connectivity index (χ1) is 14.4. The molecule has 0 spiro atoms. The maximum absolute atomic E-state index is 12.7. The molecule has 2 aromatic carbocycles. The molecule has 0 bridgehead atoms. The fourth-order valence-corrected chi connectivity index (χ4v) is 4.96. The van der Waals surface area contributed by atoms with Gasteiger partial charge in [-0.1, -0.05) is 30.2 Å². The fourth-order valence-electron chi connectivity index (χ4n) is 3.22. The van der Waals surface area contributed by atoms with Gasteiger partial charge in [0.15, 0.2) is 0 Å². The second-order valence-electron chi connectivity index (χ2n) is 7.02. The number of amides is 2. The van der Waals surface area contributed by atoms with Crippen LogP contribution in [0.5, 0.6) is 0 Å². The van der Waals surface area contributed by atoms with Crippen LogP contribution < -0.4 is 10.6 Å². The minimum absolute atomic E-state index is 0.0734. The first-order valence-electron chi connectivity index (χ1n) is 9.81. The lowest BCUT2D eigenvalue weighted by atomic mass is 10.2. The summed E-state index contributed by atoms with van der Waals surface area (Å²) in [4.78, 5) is 24.4. The van der Waals surface area contributed by atoms with Gasteiger partial charge in [-0.25, -0.2) is 8.42 Å². The summed E-state index contributed by atoms with van der Waals surface area (Å²) in [5.74, 6) is -0.637. The summed E-state index contributed by atoms with van der Waals surface area (Å²) in [6.45, 7) is 1.23. The van der Waals surface area contributed by atoms with Crippen LogP contribution in [0.15, 0.2) is 53.4 Å². The predicted octanol–water partition coefficient (Wildman–Crippen LogP) is 3.27. The molecule has 1 aliphatic heterocycles. The number of halogens is 1. The Balaban J connectivity index is 1.50. The lowest BCUT2D eigenvalue weighted by Crippen LogP contribution is -2.35. The first kappa shape index (κ1) is 22.3. The molecule has 1 aliphatic rings. The van der Waals surface area contributed by atoms with E-state index < -0.39 is 10.0 Å². The zero-order chi connectivity index (χ0) is 21.6. The molecule has 7 nitrogen and oxygen atoms in total. The summed E-state index contributed by atoms with van der Waals surface area (Å²) in [5, 5.41) is 5.70. The molecule has 0 radical (unpaired) electrons. The van der Waals surface area contributed by atoms with E-state index in [9.17, 15) is 18.0 Å². The zero-order valence-corrected chi connectivity index (χ0v) is 18.0. The van der Waals surface area contributed by atoms with E-state index >= 15 is 0 Å². The third kappa shape index (κ3) is 5.59. The topological polar surface area (TPSA) is 95.6 Å². The van der Waals surface area contributed by atoms with Crippen LogP contribution in [0.3, 0.4) is 0 Å². The highest BCUT2D eigenvalue weighted by Gasteiger charge is 2.25. The quantitative estimate of drug-likeness (QED) is 0.678. The number of nitrogens with one attached hydrogen (secondary N) is 2. The van der Waals surface area contributed by atoms with Gasteiger partial charge in [0.05, 0.1) is 15.5 Å². The molecule has 1 heterocycles. The van der Waals surface area contributed by atoms with Gasteiger partial charge in [0.25, 0.3) is 5.91 Å². The molecule has 0 aliphatic carbocycles. The molecule has 0 aromatic heterocycles. The van der Waals surface area contributed by atoms with Gasteiger partial charge < -0.3 is 10.6 Å². The summed E-state index contributed by atoms with van der Waals surface area (Å²) in [6.07, 6.45) is 2.88. The monoisotopic (exact) mass is 449 g/mol. The lowest BCUT2D eigenvalue weighted by Gasteiger charge is -2.25. The number of nitrogens with zero attached hydrogens (tertiary/aromatic N) is 1. The van der Waals surface area contributed by atoms with E-state index in [1.807, 2.05) is 0 Å². The Hall–Kier alpha value is -2.42. The highest BCUT2D eigenvalue weighted by molar-refractivity contribution is 7.89. The Morgan fingerprint density at radius 2 is 1.63 bits per heavy atom. The Morgan fingerprint density at radius 3 is 2.30 bits per heavy atom. The number of anilines is 1. The van der Waals surface area contributed by atoms with Crippen LogP contribution in [0.2, 0.25) is 5.02 Å². The van der Waals surface area contributed by atoms with E-state index in [-0.39, 0.29) is 29.7 Å². The number of hydrogen-bond acceptors (Lipinski definition) is 4. The van der Waals surface area contributed by atoms with E-state index in [0.717, 1.165) is 19.3 Å². The van der Waals surface area contributed by atoms with Crippen molar-refractivity contribution in [3.05, 3.63) is 59.1 Å². The second kappa shape index (κ2) is 10.1. The van der Waals surface area contributed by atoms with Gasteiger partial charge in [-0.2, -0.15) is 4.31 Å². The molecule has 0 atom stereocenters. The summed E-state index contributed by atoms with van der Waals surface area (Å²) in [7, 11) is -3.50. The minimum atomic E-state index is -3.50. The van der Waals surface area contributed by atoms with Crippen LogP contribution >= 0.6 is 11.6 Å². The van der Waals surface area contributed by atoms with Crippen LogP contribution in [0.4, 0.5) is 5.69 Å². The second-order valence-corrected chi connectivity index (χ2v) is 9.37. The van der Waals surface area contributed by atoms with E-state index in [2.05, 4.69) is 10.6 Å². The van der Waals surface area contributed by atoms with Crippen molar-refractivity contribution in [2.24, 2.45) is 0 Å². The normalized spacial score (nSPS) is 14.8. The maximum Gasteiger partial charge on any atom is 0.252 e. The average Bonchev–Trinajstić information content (AvgIpc) is 2.75. The Bertz CT molecular complexity index is 1000. The molecular weight excluding hydrogens is 426 g/mol. The molecule has 2 amide bonds. The van der Waals surface area contributed by atoms with Gasteiger partial charge in [0, 0.05) is 31.7 Å². The predicted molar refractivity (Wildman–Crippen MR) is 116 cm³/mol. The molecule has 2 N–H and O–H groups in total. The number of rotatable bonds is 7. The van der Waals surface area contributed by atoms with E-state index in [4.69, 9.17) is 11.6 Å². The molecule has 160 valence electrons. The number of hydrogen-bond donors (Lipinski definition) is 2. The molecule has 30 heavy (non-hydrogen) atoms. The smallest absolute Gasteiger partial charge is 0.252 e. The number of sulfonamides is 1. The van der Waals surface area contributed by atoms with E-state index in [0.29, 0.717) is 29.4 Å². The van der Waals surface area contributed by atoms with E-state index in [1.165, 1.54) is 16.4 Å². The first-order valence-corrected chi connectivity index (χ1v) is 11.6. The van der Waals surface area contributed by atoms with Crippen LogP contribution in [0.25, 0.3) is 0 Å². The lowest BCUT2D eigenvalue weighted by molar-refractivity contribution is -0.116. The van der Waals surface area contributed by atoms with E-state index in [1.54, 1.807) is 36.4 Å². The molecule has 3 rings (SSSR count). The van der Waals surface area contributed by atoms with Crippen molar-refractivity contribution in [3.8, 4) is 0 Å². The highest BCUT2D eigenvalue weighted by atomic mass is 35.5. The highest BCUT2D eigenvalue weighted by Crippen LogP contribution is 2.22. The van der Waals surface area contributed by atoms with Crippen LogP contribution in [-0.2, 0) is 14.8 Å². The van der Waals surface area contributed by atoms with Crippen molar-refractivity contribution in [2.75, 3.05) is 25.0 Å². The summed E-state index contributed by atoms with van der Waals surface area (Å²) in [5.41, 5.74) is 0.847. The Morgan fingerprint density at radius 1 is 0.967 bits per heavy atom. The molecule has 0 saturated carbocycles. The van der Waals surface area contributed by atoms with Gasteiger partial charge in [0.1, 0.15) is 0 Å². The van der Waals surface area contributed by atoms with Gasteiger partial charge in [0.2, 0.25) is 15.9 Å². The van der Waals surface area contributed by atoms with Gasteiger partial charge >= 0.3 is 0 Å². The van der Waals surface area contributed by atoms with Crippen molar-refractivity contribution in [3.63, 3.8) is 0 Å². The van der Waals surface area contributed by atoms with Crippen molar-refractivity contribution >= 4 is 39.1 Å². The minimum Gasteiger partial charge on any atom is -0.351 e. The molecular formula is C21H24ClN3O4S. The third-order valence-corrected chi connectivity index (χ3v) is 7.09. The van der Waals surface area contributed by atoms with Crippen molar-refractivity contribution in [1.29, 1.82) is 0 Å². The molecule has 1 saturated heterocycles. The number of piperidine rings is 1. The van der Waals surface area contributed by atoms with Crippen LogP contribution in [0.1, 0.15) is 36.0 Å². The average molecular weight is 450 g/mol. The largest absolute Gasteiger partial charge is 0.351 e. The van der Waals surface area contributed by atoms with Crippen LogP contribution in [-0.4, -0.2) is 44.2 Å². The summed E-state index contributed by atoms with van der Waals surface area (Å²) >= 11 is 5.98. The standard InChI is InChI=1S/C21H24ClN3O4S/c22-19-7-3-2-6-18(19)21(27)23-13-12-20(26)24-16-8-10-17(11-9-16)30(28,29)25-14-4-1-5-15-25/h2-3,6-11H,1,4-5,12-15H2,(H,23,27)(H,24,26).